The summed E-state index contributed by atoms with van der Waals surface area (Å²) in [5, 5.41) is 4.24. The average Bonchev–Trinajstić information content (AvgIpc) is 2.69. The summed E-state index contributed by atoms with van der Waals surface area (Å²) < 4.78 is 7.62. The molecule has 0 aliphatic carbocycles. The third-order valence-corrected chi connectivity index (χ3v) is 4.77. The van der Waals surface area contributed by atoms with Crippen LogP contribution in [0.5, 0.6) is 0 Å². The fourth-order valence-corrected chi connectivity index (χ4v) is 3.16. The Morgan fingerprint density at radius 1 is 1.07 bits per heavy atom. The lowest BCUT2D eigenvalue weighted by Gasteiger charge is -2.19. The first-order valence-corrected chi connectivity index (χ1v) is 9.43. The first-order valence-electron chi connectivity index (χ1n) is 8.64. The number of carbonyl (C=O) groups is 1. The van der Waals surface area contributed by atoms with Crippen molar-refractivity contribution >= 4 is 21.9 Å². The van der Waals surface area contributed by atoms with Gasteiger partial charge in [-0.15, -0.1) is 0 Å². The van der Waals surface area contributed by atoms with Gasteiger partial charge >= 0.3 is 5.97 Å². The van der Waals surface area contributed by atoms with Crippen molar-refractivity contribution in [1.82, 2.24) is 9.78 Å². The van der Waals surface area contributed by atoms with Crippen molar-refractivity contribution in [2.45, 2.75) is 26.0 Å². The quantitative estimate of drug-likeness (QED) is 0.560. The Kier molecular flexibility index (Phi) is 6.19. The highest BCUT2D eigenvalue weighted by atomic mass is 79.9. The summed E-state index contributed by atoms with van der Waals surface area (Å²) in [5.74, 6) is -0.415. The molecule has 0 saturated carbocycles. The average molecular weight is 427 g/mol. The lowest BCUT2D eigenvalue weighted by Crippen LogP contribution is -2.24. The molecule has 0 aliphatic rings. The highest BCUT2D eigenvalue weighted by Crippen LogP contribution is 2.26. The first-order chi connectivity index (χ1) is 13.1. The van der Waals surface area contributed by atoms with Gasteiger partial charge in [-0.3, -0.25) is 9.59 Å². The summed E-state index contributed by atoms with van der Waals surface area (Å²) in [6, 6.07) is 20.6. The van der Waals surface area contributed by atoms with Crippen molar-refractivity contribution in [3.05, 3.63) is 98.4 Å². The van der Waals surface area contributed by atoms with E-state index in [1.165, 1.54) is 10.7 Å². The number of nitrogens with zero attached hydrogens (tertiary/aromatic N) is 2. The molecule has 0 radical (unpaired) electrons. The number of aromatic nitrogens is 2. The van der Waals surface area contributed by atoms with E-state index in [0.29, 0.717) is 16.7 Å². The van der Waals surface area contributed by atoms with Gasteiger partial charge in [0.2, 0.25) is 0 Å². The Labute approximate surface area is 165 Å². The van der Waals surface area contributed by atoms with Gasteiger partial charge in [-0.05, 0) is 34.0 Å². The maximum Gasteiger partial charge on any atom is 0.312 e. The van der Waals surface area contributed by atoms with Gasteiger partial charge in [0.1, 0.15) is 0 Å². The molecular formula is C21H19BrN2O3. The lowest BCUT2D eigenvalue weighted by molar-refractivity contribution is -0.146. The molecule has 5 nitrogen and oxygen atoms in total. The van der Waals surface area contributed by atoms with Crippen molar-refractivity contribution in [3.8, 4) is 0 Å². The van der Waals surface area contributed by atoms with Crippen LogP contribution in [0, 0.1) is 0 Å². The number of aryl methyl sites for hydroxylation is 1. The molecule has 6 heteroatoms. The first kappa shape index (κ1) is 19.0. The van der Waals surface area contributed by atoms with Crippen LogP contribution >= 0.6 is 15.9 Å². The maximum absolute atomic E-state index is 12.6. The minimum atomic E-state index is -0.504. The predicted octanol–water partition coefficient (Wildman–Crippen LogP) is 3.90. The number of halogens is 1. The molecule has 27 heavy (non-hydrogen) atoms. The molecular weight excluding hydrogens is 408 g/mol. The summed E-state index contributed by atoms with van der Waals surface area (Å²) in [6.07, 6.45) is -0.535. The molecule has 3 rings (SSSR count). The zero-order valence-corrected chi connectivity index (χ0v) is 16.4. The van der Waals surface area contributed by atoms with Gasteiger partial charge in [0.25, 0.3) is 5.56 Å². The molecule has 3 aromatic rings. The van der Waals surface area contributed by atoms with Crippen molar-refractivity contribution in [1.29, 1.82) is 0 Å². The summed E-state index contributed by atoms with van der Waals surface area (Å²) in [5.41, 5.74) is 2.04. The highest BCUT2D eigenvalue weighted by Gasteiger charge is 2.20. The molecule has 0 amide bonds. The second-order valence-electron chi connectivity index (χ2n) is 5.96. The van der Waals surface area contributed by atoms with E-state index < -0.39 is 12.1 Å². The van der Waals surface area contributed by atoms with E-state index in [9.17, 15) is 9.59 Å². The summed E-state index contributed by atoms with van der Waals surface area (Å²) in [4.78, 5) is 24.4. The second kappa shape index (κ2) is 8.77. The smallest absolute Gasteiger partial charge is 0.312 e. The molecule has 0 unspecified atom stereocenters. The Bertz CT molecular complexity index is 932. The Balaban J connectivity index is 1.85. The van der Waals surface area contributed by atoms with Gasteiger partial charge in [-0.2, -0.15) is 5.10 Å². The van der Waals surface area contributed by atoms with Crippen molar-refractivity contribution in [2.75, 3.05) is 0 Å². The number of esters is 1. The van der Waals surface area contributed by atoms with E-state index >= 15 is 0 Å². The zero-order chi connectivity index (χ0) is 19.2. The summed E-state index contributed by atoms with van der Waals surface area (Å²) in [7, 11) is 0. The Morgan fingerprint density at radius 2 is 1.63 bits per heavy atom. The third-order valence-electron chi connectivity index (χ3n) is 4.09. The van der Waals surface area contributed by atoms with Crippen molar-refractivity contribution in [3.63, 3.8) is 0 Å². The largest absolute Gasteiger partial charge is 0.452 e. The van der Waals surface area contributed by atoms with Crippen LogP contribution in [-0.4, -0.2) is 15.7 Å². The lowest BCUT2D eigenvalue weighted by atomic mass is 10.0. The third kappa shape index (κ3) is 4.71. The van der Waals surface area contributed by atoms with Crippen LogP contribution in [0.25, 0.3) is 0 Å². The molecule has 138 valence electrons. The molecule has 0 bridgehead atoms. The molecule has 0 saturated heterocycles. The topological polar surface area (TPSA) is 61.2 Å². The van der Waals surface area contributed by atoms with Crippen molar-refractivity contribution in [2.24, 2.45) is 0 Å². The molecule has 2 aromatic carbocycles. The van der Waals surface area contributed by atoms with Crippen LogP contribution in [0.4, 0.5) is 0 Å². The minimum absolute atomic E-state index is 0.0307. The second-order valence-corrected chi connectivity index (χ2v) is 6.82. The van der Waals surface area contributed by atoms with Gasteiger partial charge in [-0.25, -0.2) is 4.68 Å². The normalized spacial score (nSPS) is 10.8. The molecule has 1 heterocycles. The monoisotopic (exact) mass is 426 g/mol. The van der Waals surface area contributed by atoms with Crippen LogP contribution in [0.15, 0.2) is 76.0 Å². The van der Waals surface area contributed by atoms with Crippen molar-refractivity contribution < 1.29 is 9.53 Å². The predicted molar refractivity (Wildman–Crippen MR) is 106 cm³/mol. The van der Waals surface area contributed by atoms with Crippen LogP contribution < -0.4 is 5.56 Å². The van der Waals surface area contributed by atoms with E-state index in [1.807, 2.05) is 67.6 Å². The zero-order valence-electron chi connectivity index (χ0n) is 14.8. The molecule has 0 fully saturated rings. The molecule has 0 aliphatic heterocycles. The van der Waals surface area contributed by atoms with Gasteiger partial charge in [0.15, 0.2) is 6.10 Å². The molecule has 0 N–H and O–H groups in total. The van der Waals surface area contributed by atoms with E-state index in [1.54, 1.807) is 0 Å². The molecule has 1 aromatic heterocycles. The van der Waals surface area contributed by atoms with Crippen LogP contribution in [0.1, 0.15) is 29.8 Å². The number of ether oxygens (including phenoxy) is 1. The Morgan fingerprint density at radius 3 is 2.15 bits per heavy atom. The minimum Gasteiger partial charge on any atom is -0.452 e. The van der Waals surface area contributed by atoms with Gasteiger partial charge < -0.3 is 4.74 Å². The SMILES string of the molecule is CCn1nc(CC(=O)OC(c2ccccc2)c2ccccc2)c(Br)cc1=O. The fourth-order valence-electron chi connectivity index (χ4n) is 2.75. The summed E-state index contributed by atoms with van der Waals surface area (Å²) >= 11 is 3.31. The van der Waals surface area contributed by atoms with Crippen LogP contribution in [0.3, 0.4) is 0 Å². The standard InChI is InChI=1S/C21H19BrN2O3/c1-2-24-19(25)13-17(22)18(23-24)14-20(26)27-21(15-9-5-3-6-10-15)16-11-7-4-8-12-16/h3-13,21H,2,14H2,1H3. The number of hydrogen-bond acceptors (Lipinski definition) is 4. The van der Waals surface area contributed by atoms with Crippen LogP contribution in [-0.2, 0) is 22.5 Å². The summed E-state index contributed by atoms with van der Waals surface area (Å²) in [6.45, 7) is 2.26. The number of hydrogen-bond donors (Lipinski definition) is 0. The van der Waals surface area contributed by atoms with Gasteiger partial charge in [0, 0.05) is 17.1 Å². The van der Waals surface area contributed by atoms with Gasteiger partial charge in [-0.1, -0.05) is 60.7 Å². The van der Waals surface area contributed by atoms with E-state index in [4.69, 9.17) is 4.74 Å². The number of benzene rings is 2. The molecule has 0 spiro atoms. The highest BCUT2D eigenvalue weighted by molar-refractivity contribution is 9.10. The molecule has 0 atom stereocenters. The van der Waals surface area contributed by atoms with Crippen LogP contribution in [0.2, 0.25) is 0 Å². The fraction of sp³-hybridized carbons (Fsp3) is 0.190. The van der Waals surface area contributed by atoms with E-state index in [-0.39, 0.29) is 12.0 Å². The van der Waals surface area contributed by atoms with E-state index in [2.05, 4.69) is 21.0 Å². The Hall–Kier alpha value is -2.73. The van der Waals surface area contributed by atoms with E-state index in [0.717, 1.165) is 11.1 Å². The van der Waals surface area contributed by atoms with Gasteiger partial charge in [0.05, 0.1) is 12.1 Å². The maximum atomic E-state index is 12.6. The number of carbonyl (C=O) groups excluding carboxylic acids is 1. The number of rotatable bonds is 6.